The highest BCUT2D eigenvalue weighted by Crippen LogP contribution is 2.46. The van der Waals surface area contributed by atoms with Gasteiger partial charge in [-0.15, -0.1) is 0 Å². The zero-order valence-electron chi connectivity index (χ0n) is 13.0. The van der Waals surface area contributed by atoms with E-state index >= 15 is 0 Å². The fraction of sp³-hybridized carbons (Fsp3) is 0.438. The normalized spacial score (nSPS) is 20.9. The Kier molecular flexibility index (Phi) is 4.66. The van der Waals surface area contributed by atoms with Crippen LogP contribution in [0.4, 0.5) is 30.7 Å². The zero-order valence-corrected chi connectivity index (χ0v) is 13.8. The number of thiocarbonyl (C=S) groups is 1. The van der Waals surface area contributed by atoms with E-state index in [4.69, 9.17) is 17.0 Å². The third-order valence-corrected chi connectivity index (χ3v) is 4.60. The average molecular weight is 399 g/mol. The molecule has 10 heteroatoms. The number of hydrogen-bond acceptors (Lipinski definition) is 2. The number of nitrogens with zero attached hydrogens (tertiary/aromatic N) is 1. The largest absolute Gasteiger partial charge is 0.480 e. The summed E-state index contributed by atoms with van der Waals surface area (Å²) in [6, 6.07) is 2.00. The molecule has 2 aliphatic rings. The fourth-order valence-corrected chi connectivity index (χ4v) is 3.21. The lowest BCUT2D eigenvalue weighted by Crippen LogP contribution is -2.35. The van der Waals surface area contributed by atoms with Gasteiger partial charge in [0.05, 0.1) is 10.7 Å². The van der Waals surface area contributed by atoms with Gasteiger partial charge in [-0.3, -0.25) is 0 Å². The lowest BCUT2D eigenvalue weighted by atomic mass is 9.98. The van der Waals surface area contributed by atoms with Crippen molar-refractivity contribution in [1.82, 2.24) is 4.90 Å². The van der Waals surface area contributed by atoms with Crippen LogP contribution in [-0.2, 0) is 5.92 Å². The molecule has 1 fully saturated rings. The van der Waals surface area contributed by atoms with Gasteiger partial charge in [0.1, 0.15) is 5.75 Å². The van der Waals surface area contributed by atoms with Gasteiger partial charge in [-0.1, -0.05) is 12.2 Å². The molecule has 2 heterocycles. The maximum Gasteiger partial charge on any atom is 0.458 e. The number of hydrogen-bond donors (Lipinski definition) is 0. The maximum atomic E-state index is 13.7. The van der Waals surface area contributed by atoms with Gasteiger partial charge < -0.3 is 9.64 Å². The Balaban J connectivity index is 2.10. The van der Waals surface area contributed by atoms with Gasteiger partial charge in [-0.05, 0) is 37.1 Å². The molecule has 0 N–H and O–H groups in total. The highest BCUT2D eigenvalue weighted by molar-refractivity contribution is 7.80. The van der Waals surface area contributed by atoms with Gasteiger partial charge in [-0.2, -0.15) is 22.0 Å². The highest BCUT2D eigenvalue weighted by atomic mass is 32.1. The van der Waals surface area contributed by atoms with Crippen molar-refractivity contribution in [3.8, 4) is 5.75 Å². The van der Waals surface area contributed by atoms with Crippen LogP contribution >= 0.6 is 12.2 Å². The van der Waals surface area contributed by atoms with Crippen LogP contribution in [0.25, 0.3) is 5.70 Å². The minimum absolute atomic E-state index is 0.0684. The summed E-state index contributed by atoms with van der Waals surface area (Å²) >= 11 is 5.15. The molecule has 2 nitrogen and oxygen atoms in total. The summed E-state index contributed by atoms with van der Waals surface area (Å²) in [7, 11) is 0. The molecule has 1 unspecified atom stereocenters. The number of alkyl halides is 7. The van der Waals surface area contributed by atoms with E-state index in [-0.39, 0.29) is 17.0 Å². The van der Waals surface area contributed by atoms with E-state index in [1.165, 1.54) is 4.90 Å². The quantitative estimate of drug-likeness (QED) is 0.517. The van der Waals surface area contributed by atoms with Crippen LogP contribution in [0.5, 0.6) is 5.75 Å². The summed E-state index contributed by atoms with van der Waals surface area (Å²) in [5.41, 5.74) is -1.34. The minimum atomic E-state index is -5.78. The van der Waals surface area contributed by atoms with E-state index in [9.17, 15) is 30.7 Å². The molecule has 1 aromatic carbocycles. The molecular formula is C16H12F7NOS. The van der Waals surface area contributed by atoms with Crippen LogP contribution < -0.4 is 4.74 Å². The standard InChI is InChI=1S/C16H12F7NOS/c17-14(18)12-7-10(24-5-1-2-13(24)26)9-6-8(3-4-11(9)25-12)15(19,20)16(21,22)23/h3-4,6-7,12,14H,1-2,5H2. The number of likely N-dealkylation sites (tertiary alicyclic amines) is 1. The van der Waals surface area contributed by atoms with E-state index in [0.29, 0.717) is 36.5 Å². The minimum Gasteiger partial charge on any atom is -0.480 e. The molecule has 3 rings (SSSR count). The van der Waals surface area contributed by atoms with Crippen LogP contribution in [0.2, 0.25) is 0 Å². The first-order valence-corrected chi connectivity index (χ1v) is 7.99. The first kappa shape index (κ1) is 18.9. The van der Waals surface area contributed by atoms with Crippen molar-refractivity contribution in [2.45, 2.75) is 37.5 Å². The molecule has 0 aliphatic carbocycles. The van der Waals surface area contributed by atoms with Crippen molar-refractivity contribution in [3.63, 3.8) is 0 Å². The molecule has 1 aromatic rings. The van der Waals surface area contributed by atoms with Crippen LogP contribution in [0, 0.1) is 0 Å². The highest BCUT2D eigenvalue weighted by Gasteiger charge is 2.59. The van der Waals surface area contributed by atoms with Crippen LogP contribution in [0.1, 0.15) is 24.0 Å². The van der Waals surface area contributed by atoms with Gasteiger partial charge >= 0.3 is 12.1 Å². The van der Waals surface area contributed by atoms with E-state index < -0.39 is 30.2 Å². The van der Waals surface area contributed by atoms with Crippen LogP contribution in [-0.4, -0.2) is 35.1 Å². The Morgan fingerprint density at radius 3 is 2.38 bits per heavy atom. The number of halogens is 7. The molecule has 0 amide bonds. The van der Waals surface area contributed by atoms with Crippen LogP contribution in [0.3, 0.4) is 0 Å². The predicted molar refractivity (Wildman–Crippen MR) is 83.3 cm³/mol. The first-order valence-electron chi connectivity index (χ1n) is 7.59. The van der Waals surface area contributed by atoms with Crippen molar-refractivity contribution < 1.29 is 35.5 Å². The van der Waals surface area contributed by atoms with Gasteiger partial charge in [0.2, 0.25) is 0 Å². The maximum absolute atomic E-state index is 13.7. The van der Waals surface area contributed by atoms with E-state index in [2.05, 4.69) is 0 Å². The second-order valence-electron chi connectivity index (χ2n) is 5.90. The smallest absolute Gasteiger partial charge is 0.458 e. The number of benzene rings is 1. The second-order valence-corrected chi connectivity index (χ2v) is 6.37. The SMILES string of the molecule is FC(F)C1C=C(N2CCCC2=S)c2cc(C(F)(F)C(F)(F)F)ccc2O1. The Morgan fingerprint density at radius 1 is 1.15 bits per heavy atom. The summed E-state index contributed by atoms with van der Waals surface area (Å²) in [4.78, 5) is 1.88. The van der Waals surface area contributed by atoms with E-state index in [1.54, 1.807) is 0 Å². The summed E-state index contributed by atoms with van der Waals surface area (Å²) in [5, 5.41) is 0. The Morgan fingerprint density at radius 2 is 1.85 bits per heavy atom. The third kappa shape index (κ3) is 3.15. The lowest BCUT2D eigenvalue weighted by Gasteiger charge is -2.31. The number of fused-ring (bicyclic) bond motifs is 1. The topological polar surface area (TPSA) is 12.5 Å². The van der Waals surface area contributed by atoms with E-state index in [1.807, 2.05) is 0 Å². The molecule has 26 heavy (non-hydrogen) atoms. The zero-order chi connectivity index (χ0) is 19.3. The lowest BCUT2D eigenvalue weighted by molar-refractivity contribution is -0.289. The molecule has 0 radical (unpaired) electrons. The average Bonchev–Trinajstić information content (AvgIpc) is 2.98. The molecule has 0 aromatic heterocycles. The summed E-state index contributed by atoms with van der Waals surface area (Å²) in [6.45, 7) is 0.361. The molecule has 1 atom stereocenters. The van der Waals surface area contributed by atoms with Crippen LogP contribution in [0.15, 0.2) is 24.3 Å². The molecule has 0 bridgehead atoms. The van der Waals surface area contributed by atoms with Gasteiger partial charge in [0.25, 0.3) is 6.43 Å². The summed E-state index contributed by atoms with van der Waals surface area (Å²) < 4.78 is 96.6. The van der Waals surface area contributed by atoms with Gasteiger partial charge in [-0.25, -0.2) is 8.78 Å². The van der Waals surface area contributed by atoms with Crippen molar-refractivity contribution >= 4 is 22.9 Å². The van der Waals surface area contributed by atoms with Crippen molar-refractivity contribution in [2.24, 2.45) is 0 Å². The van der Waals surface area contributed by atoms with Crippen molar-refractivity contribution in [2.75, 3.05) is 6.54 Å². The summed E-state index contributed by atoms with van der Waals surface area (Å²) in [5.74, 6) is -5.28. The Bertz CT molecular complexity index is 759. The summed E-state index contributed by atoms with van der Waals surface area (Å²) in [6.07, 6.45) is -8.18. The molecule has 142 valence electrons. The van der Waals surface area contributed by atoms with Gasteiger partial charge in [0, 0.05) is 17.7 Å². The number of rotatable bonds is 3. The number of ether oxygens (including phenoxy) is 1. The predicted octanol–water partition coefficient (Wildman–Crippen LogP) is 5.13. The molecule has 0 spiro atoms. The molecule has 2 aliphatic heterocycles. The Labute approximate surface area is 149 Å². The monoisotopic (exact) mass is 399 g/mol. The first-order chi connectivity index (χ1) is 12.0. The fourth-order valence-electron chi connectivity index (χ4n) is 2.88. The molecular weight excluding hydrogens is 387 g/mol. The molecule has 1 saturated heterocycles. The van der Waals surface area contributed by atoms with Gasteiger partial charge in [0.15, 0.2) is 6.10 Å². The van der Waals surface area contributed by atoms with E-state index in [0.717, 1.165) is 12.1 Å². The molecule has 0 saturated carbocycles. The van der Waals surface area contributed by atoms with Crippen molar-refractivity contribution in [3.05, 3.63) is 35.4 Å². The third-order valence-electron chi connectivity index (χ3n) is 4.17. The second kappa shape index (κ2) is 6.40. The van der Waals surface area contributed by atoms with Crippen molar-refractivity contribution in [1.29, 1.82) is 0 Å². The Hall–Kier alpha value is -1.84.